The molecule has 1 heterocycles. The Bertz CT molecular complexity index is 515. The second-order valence-electron chi connectivity index (χ2n) is 3.38. The van der Waals surface area contributed by atoms with Crippen molar-refractivity contribution in [1.82, 2.24) is 0 Å². The molecule has 0 spiro atoms. The minimum Gasteiger partial charge on any atom is -0.438 e. The fraction of sp³-hybridized carbons (Fsp3) is 0.250. The van der Waals surface area contributed by atoms with E-state index in [0.29, 0.717) is 0 Å². The van der Waals surface area contributed by atoms with Crippen LogP contribution in [0.25, 0.3) is 0 Å². The molecule has 0 aliphatic carbocycles. The van der Waals surface area contributed by atoms with E-state index in [2.05, 4.69) is 10.5 Å². The summed E-state index contributed by atoms with van der Waals surface area (Å²) in [5, 5.41) is 0. The lowest BCUT2D eigenvalue weighted by Gasteiger charge is -2.20. The normalized spacial score (nSPS) is 25.6. The molecule has 1 unspecified atom stereocenters. The van der Waals surface area contributed by atoms with Crippen LogP contribution in [0.1, 0.15) is 5.56 Å². The molecule has 0 fully saturated rings. The Balaban J connectivity index is 2.85. The molecule has 0 bridgehead atoms. The van der Waals surface area contributed by atoms with E-state index in [0.717, 1.165) is 0 Å². The van der Waals surface area contributed by atoms with E-state index in [1.165, 1.54) is 0 Å². The second-order valence-corrected chi connectivity index (χ2v) is 3.38. The first kappa shape index (κ1) is 11.8. The average Bonchev–Trinajstić information content (AvgIpc) is 2.40. The van der Waals surface area contributed by atoms with Gasteiger partial charge in [0.15, 0.2) is 23.2 Å². The highest BCUT2D eigenvalue weighted by atomic mass is 19.3. The molecule has 0 aromatic heterocycles. The van der Waals surface area contributed by atoms with Crippen molar-refractivity contribution >= 4 is 5.69 Å². The van der Waals surface area contributed by atoms with E-state index in [1.54, 1.807) is 0 Å². The van der Waals surface area contributed by atoms with Crippen LogP contribution < -0.4 is 16.2 Å². The zero-order chi connectivity index (χ0) is 13.2. The van der Waals surface area contributed by atoms with Crippen LogP contribution in [0.3, 0.4) is 0 Å². The molecule has 1 aromatic rings. The highest BCUT2D eigenvalue weighted by Gasteiger charge is 2.65. The first-order valence-electron chi connectivity index (χ1n) is 4.12. The standard InChI is InChI=1S/C8H4F6N2O/c9-2-1-6(5(15)4(11)3(2)10)17-8(14,16)7(1,12)13/h15-16H2. The number of nitrogens with two attached hydrogens (primary N) is 2. The fourth-order valence-electron chi connectivity index (χ4n) is 1.43. The maximum absolute atomic E-state index is 13.3. The van der Waals surface area contributed by atoms with Crippen LogP contribution in [-0.2, 0) is 5.92 Å². The van der Waals surface area contributed by atoms with E-state index in [1.807, 2.05) is 0 Å². The highest BCUT2D eigenvalue weighted by molar-refractivity contribution is 5.62. The Morgan fingerprint density at radius 1 is 0.941 bits per heavy atom. The smallest absolute Gasteiger partial charge is 0.375 e. The SMILES string of the molecule is Nc1c(F)c(F)c(F)c2c1OC(N)(F)C2(F)F. The first-order chi connectivity index (χ1) is 7.61. The van der Waals surface area contributed by atoms with E-state index in [4.69, 9.17) is 5.73 Å². The lowest BCUT2D eigenvalue weighted by atomic mass is 10.1. The van der Waals surface area contributed by atoms with E-state index in [9.17, 15) is 26.3 Å². The summed E-state index contributed by atoms with van der Waals surface area (Å²) in [5.74, 6) is -16.6. The predicted molar refractivity (Wildman–Crippen MR) is 43.3 cm³/mol. The number of rotatable bonds is 0. The molecule has 0 amide bonds. The Labute approximate surface area is 89.9 Å². The maximum Gasteiger partial charge on any atom is 0.375 e. The van der Waals surface area contributed by atoms with Gasteiger partial charge in [0.05, 0.1) is 0 Å². The number of ether oxygens (including phenoxy) is 1. The molecule has 0 radical (unpaired) electrons. The fourth-order valence-corrected chi connectivity index (χ4v) is 1.43. The van der Waals surface area contributed by atoms with Crippen molar-refractivity contribution in [1.29, 1.82) is 0 Å². The number of alkyl halides is 3. The minimum absolute atomic E-state index is 1.27. The molecule has 4 N–H and O–H groups in total. The van der Waals surface area contributed by atoms with Crippen molar-refractivity contribution < 1.29 is 31.1 Å². The lowest BCUT2D eigenvalue weighted by molar-refractivity contribution is -0.218. The van der Waals surface area contributed by atoms with Crippen LogP contribution in [0.2, 0.25) is 0 Å². The molecular formula is C8H4F6N2O. The third-order valence-electron chi connectivity index (χ3n) is 2.31. The first-order valence-corrected chi connectivity index (χ1v) is 4.12. The number of benzene rings is 1. The molecule has 9 heteroatoms. The van der Waals surface area contributed by atoms with Crippen LogP contribution in [0.5, 0.6) is 5.75 Å². The Hall–Kier alpha value is -1.64. The molecule has 1 aromatic carbocycles. The van der Waals surface area contributed by atoms with Gasteiger partial charge in [-0.05, 0) is 0 Å². The van der Waals surface area contributed by atoms with Crippen LogP contribution in [0, 0.1) is 17.5 Å². The molecule has 94 valence electrons. The monoisotopic (exact) mass is 258 g/mol. The molecule has 1 aliphatic rings. The van der Waals surface area contributed by atoms with Crippen molar-refractivity contribution in [3.05, 3.63) is 23.0 Å². The maximum atomic E-state index is 13.3. The lowest BCUT2D eigenvalue weighted by Crippen LogP contribution is -2.50. The van der Waals surface area contributed by atoms with Crippen molar-refractivity contribution in [2.75, 3.05) is 5.73 Å². The third kappa shape index (κ3) is 1.22. The molecule has 3 nitrogen and oxygen atoms in total. The summed E-state index contributed by atoms with van der Waals surface area (Å²) < 4.78 is 82.4. The van der Waals surface area contributed by atoms with Crippen molar-refractivity contribution in [2.24, 2.45) is 5.73 Å². The van der Waals surface area contributed by atoms with Gasteiger partial charge in [0.25, 0.3) is 0 Å². The minimum atomic E-state index is -4.69. The van der Waals surface area contributed by atoms with Gasteiger partial charge in [0.2, 0.25) is 0 Å². The van der Waals surface area contributed by atoms with Crippen molar-refractivity contribution in [2.45, 2.75) is 11.9 Å². The summed E-state index contributed by atoms with van der Waals surface area (Å²) in [6.45, 7) is 0. The molecule has 0 saturated carbocycles. The number of hydrogen-bond acceptors (Lipinski definition) is 3. The molecule has 1 aliphatic heterocycles. The van der Waals surface area contributed by atoms with E-state index < -0.39 is 46.4 Å². The summed E-state index contributed by atoms with van der Waals surface area (Å²) in [4.78, 5) is 0. The average molecular weight is 258 g/mol. The Morgan fingerprint density at radius 2 is 1.47 bits per heavy atom. The summed E-state index contributed by atoms with van der Waals surface area (Å²) in [5.41, 5.74) is 6.21. The van der Waals surface area contributed by atoms with Gasteiger partial charge in [-0.1, -0.05) is 0 Å². The topological polar surface area (TPSA) is 61.3 Å². The second kappa shape index (κ2) is 2.97. The summed E-state index contributed by atoms with van der Waals surface area (Å²) in [6.07, 6.45) is 0. The Kier molecular flexibility index (Phi) is 2.07. The highest BCUT2D eigenvalue weighted by Crippen LogP contribution is 2.54. The van der Waals surface area contributed by atoms with Crippen LogP contribution in [-0.4, -0.2) is 5.98 Å². The number of halogens is 6. The van der Waals surface area contributed by atoms with Gasteiger partial charge >= 0.3 is 11.9 Å². The van der Waals surface area contributed by atoms with E-state index in [-0.39, 0.29) is 0 Å². The Morgan fingerprint density at radius 3 is 2.00 bits per heavy atom. The summed E-state index contributed by atoms with van der Waals surface area (Å²) in [6, 6.07) is 0. The van der Waals surface area contributed by atoms with Gasteiger partial charge in [-0.2, -0.15) is 13.2 Å². The zero-order valence-corrected chi connectivity index (χ0v) is 7.83. The van der Waals surface area contributed by atoms with Gasteiger partial charge in [-0.15, -0.1) is 0 Å². The number of fused-ring (bicyclic) bond motifs is 1. The van der Waals surface area contributed by atoms with Crippen LogP contribution in [0.4, 0.5) is 32.0 Å². The number of hydrogen-bond donors (Lipinski definition) is 2. The van der Waals surface area contributed by atoms with Gasteiger partial charge < -0.3 is 10.5 Å². The quantitative estimate of drug-likeness (QED) is 0.322. The van der Waals surface area contributed by atoms with Gasteiger partial charge in [0.1, 0.15) is 11.3 Å². The molecular weight excluding hydrogens is 254 g/mol. The summed E-state index contributed by atoms with van der Waals surface area (Å²) in [7, 11) is 0. The predicted octanol–water partition coefficient (Wildman–Crippen LogP) is 1.75. The van der Waals surface area contributed by atoms with E-state index >= 15 is 0 Å². The van der Waals surface area contributed by atoms with Crippen LogP contribution in [0.15, 0.2) is 0 Å². The largest absolute Gasteiger partial charge is 0.438 e. The van der Waals surface area contributed by atoms with Gasteiger partial charge in [-0.25, -0.2) is 13.2 Å². The zero-order valence-electron chi connectivity index (χ0n) is 7.83. The van der Waals surface area contributed by atoms with Crippen LogP contribution >= 0.6 is 0 Å². The molecule has 17 heavy (non-hydrogen) atoms. The van der Waals surface area contributed by atoms with Gasteiger partial charge in [0, 0.05) is 0 Å². The van der Waals surface area contributed by atoms with Crippen molar-refractivity contribution in [3.63, 3.8) is 0 Å². The molecule has 0 saturated heterocycles. The van der Waals surface area contributed by atoms with Gasteiger partial charge in [-0.3, -0.25) is 5.73 Å². The number of anilines is 1. The van der Waals surface area contributed by atoms with Crippen molar-refractivity contribution in [3.8, 4) is 5.75 Å². The molecule has 2 rings (SSSR count). The summed E-state index contributed by atoms with van der Waals surface area (Å²) >= 11 is 0. The third-order valence-corrected chi connectivity index (χ3v) is 2.31. The number of nitrogen functional groups attached to an aromatic ring is 1. The molecule has 1 atom stereocenters.